The summed E-state index contributed by atoms with van der Waals surface area (Å²) in [5.41, 5.74) is 1.76. The largest absolute Gasteiger partial charge is 0.325 e. The van der Waals surface area contributed by atoms with Crippen LogP contribution in [0.15, 0.2) is 60.8 Å². The molecule has 2 N–H and O–H groups in total. The number of hydrogen-bond acceptors (Lipinski definition) is 3. The molecule has 0 atom stereocenters. The molecule has 0 bridgehead atoms. The quantitative estimate of drug-likeness (QED) is 0.478. The fourth-order valence-electron chi connectivity index (χ4n) is 3.05. The van der Waals surface area contributed by atoms with E-state index in [9.17, 15) is 9.59 Å². The molecule has 2 aromatic carbocycles. The van der Waals surface area contributed by atoms with Gasteiger partial charge in [-0.15, -0.1) is 0 Å². The summed E-state index contributed by atoms with van der Waals surface area (Å²) in [6.45, 7) is 10.9. The van der Waals surface area contributed by atoms with Crippen LogP contribution in [0.5, 0.6) is 0 Å². The van der Waals surface area contributed by atoms with Crippen LogP contribution in [-0.4, -0.2) is 16.8 Å². The predicted molar refractivity (Wildman–Crippen MR) is 131 cm³/mol. The van der Waals surface area contributed by atoms with E-state index < -0.39 is 16.6 Å². The lowest BCUT2D eigenvalue weighted by Gasteiger charge is -2.20. The number of pyridine rings is 1. The van der Waals surface area contributed by atoms with Gasteiger partial charge in [-0.2, -0.15) is 0 Å². The van der Waals surface area contributed by atoms with Crippen LogP contribution in [0.3, 0.4) is 0 Å². The van der Waals surface area contributed by atoms with Gasteiger partial charge in [0.1, 0.15) is 11.5 Å². The van der Waals surface area contributed by atoms with E-state index >= 15 is 4.39 Å². The van der Waals surface area contributed by atoms with Crippen molar-refractivity contribution in [2.24, 2.45) is 10.8 Å². The number of carbonyl (C=O) groups is 2. The van der Waals surface area contributed by atoms with Crippen LogP contribution < -0.4 is 10.6 Å². The van der Waals surface area contributed by atoms with E-state index in [0.717, 1.165) is 0 Å². The summed E-state index contributed by atoms with van der Waals surface area (Å²) in [6.07, 6.45) is 1.57. The SMILES string of the molecule is CC(C)(C)C(=O)Nc1ccccc1-c1cnc(-c2ccccc2NC(=O)C(C)(C)C)c(F)c1. The first-order valence-electron chi connectivity index (χ1n) is 10.8. The van der Waals surface area contributed by atoms with Crippen LogP contribution >= 0.6 is 0 Å². The van der Waals surface area contributed by atoms with Crippen molar-refractivity contribution >= 4 is 23.2 Å². The molecule has 0 aliphatic heterocycles. The molecular formula is C27H30FN3O2. The van der Waals surface area contributed by atoms with E-state index in [0.29, 0.717) is 28.1 Å². The second-order valence-corrected chi connectivity index (χ2v) is 10.1. The molecule has 0 aliphatic rings. The summed E-state index contributed by atoms with van der Waals surface area (Å²) in [5, 5.41) is 5.80. The number of hydrogen-bond donors (Lipinski definition) is 2. The van der Waals surface area contributed by atoms with Gasteiger partial charge in [0.2, 0.25) is 11.8 Å². The normalized spacial score (nSPS) is 11.7. The monoisotopic (exact) mass is 447 g/mol. The molecule has 0 saturated carbocycles. The number of rotatable bonds is 4. The van der Waals surface area contributed by atoms with E-state index in [1.165, 1.54) is 6.07 Å². The fourth-order valence-corrected chi connectivity index (χ4v) is 3.05. The van der Waals surface area contributed by atoms with Crippen molar-refractivity contribution in [2.45, 2.75) is 41.5 Å². The summed E-state index contributed by atoms with van der Waals surface area (Å²) in [5.74, 6) is -0.832. The second kappa shape index (κ2) is 9.14. The molecule has 2 amide bonds. The molecule has 0 saturated heterocycles. The number of halogens is 1. The highest BCUT2D eigenvalue weighted by molar-refractivity contribution is 5.99. The first-order valence-corrected chi connectivity index (χ1v) is 10.8. The van der Waals surface area contributed by atoms with Crippen LogP contribution in [0.25, 0.3) is 22.4 Å². The first-order chi connectivity index (χ1) is 15.4. The highest BCUT2D eigenvalue weighted by atomic mass is 19.1. The number of amides is 2. The molecule has 1 heterocycles. The van der Waals surface area contributed by atoms with Crippen molar-refractivity contribution < 1.29 is 14.0 Å². The van der Waals surface area contributed by atoms with E-state index in [4.69, 9.17) is 0 Å². The van der Waals surface area contributed by atoms with Gasteiger partial charge in [-0.05, 0) is 18.2 Å². The Morgan fingerprint density at radius 2 is 1.21 bits per heavy atom. The third kappa shape index (κ3) is 5.64. The van der Waals surface area contributed by atoms with E-state index in [1.807, 2.05) is 59.7 Å². The number of aromatic nitrogens is 1. The predicted octanol–water partition coefficient (Wildman–Crippen LogP) is 6.52. The van der Waals surface area contributed by atoms with Crippen molar-refractivity contribution in [1.82, 2.24) is 4.98 Å². The molecular weight excluding hydrogens is 417 g/mol. The Morgan fingerprint density at radius 1 is 0.758 bits per heavy atom. The van der Waals surface area contributed by atoms with E-state index in [-0.39, 0.29) is 17.5 Å². The summed E-state index contributed by atoms with van der Waals surface area (Å²) in [4.78, 5) is 29.3. The molecule has 6 heteroatoms. The van der Waals surface area contributed by atoms with Crippen molar-refractivity contribution in [3.63, 3.8) is 0 Å². The molecule has 5 nitrogen and oxygen atoms in total. The summed E-state index contributed by atoms with van der Waals surface area (Å²) in [6, 6.07) is 15.6. The zero-order valence-corrected chi connectivity index (χ0v) is 19.9. The zero-order chi connectivity index (χ0) is 24.4. The Kier molecular flexibility index (Phi) is 6.68. The minimum Gasteiger partial charge on any atom is -0.325 e. The summed E-state index contributed by atoms with van der Waals surface area (Å²) in [7, 11) is 0. The number of benzene rings is 2. The topological polar surface area (TPSA) is 71.1 Å². The van der Waals surface area contributed by atoms with Crippen molar-refractivity contribution in [2.75, 3.05) is 10.6 Å². The van der Waals surface area contributed by atoms with Crippen LogP contribution in [0.2, 0.25) is 0 Å². The Hall–Kier alpha value is -3.54. The lowest BCUT2D eigenvalue weighted by molar-refractivity contribution is -0.123. The molecule has 0 unspecified atom stereocenters. The van der Waals surface area contributed by atoms with Gasteiger partial charge in [-0.1, -0.05) is 77.9 Å². The number of carbonyl (C=O) groups excluding carboxylic acids is 2. The zero-order valence-electron chi connectivity index (χ0n) is 19.9. The fraction of sp³-hybridized carbons (Fsp3) is 0.296. The second-order valence-electron chi connectivity index (χ2n) is 10.1. The van der Waals surface area contributed by atoms with Gasteiger partial charge >= 0.3 is 0 Å². The highest BCUT2D eigenvalue weighted by Crippen LogP contribution is 2.34. The van der Waals surface area contributed by atoms with Gasteiger partial charge in [0.25, 0.3) is 0 Å². The average molecular weight is 448 g/mol. The van der Waals surface area contributed by atoms with Gasteiger partial charge in [-0.25, -0.2) is 4.39 Å². The van der Waals surface area contributed by atoms with Crippen molar-refractivity contribution in [1.29, 1.82) is 0 Å². The van der Waals surface area contributed by atoms with Crippen LogP contribution in [0.4, 0.5) is 15.8 Å². The third-order valence-electron chi connectivity index (χ3n) is 5.12. The molecule has 172 valence electrons. The van der Waals surface area contributed by atoms with Crippen LogP contribution in [0.1, 0.15) is 41.5 Å². The molecule has 1 aromatic heterocycles. The molecule has 0 fully saturated rings. The maximum absolute atomic E-state index is 15.3. The number of nitrogens with zero attached hydrogens (tertiary/aromatic N) is 1. The standard InChI is InChI=1S/C27H30FN3O2/c1-26(2,3)24(32)30-21-13-9-7-11-18(21)17-15-20(28)23(29-16-17)19-12-8-10-14-22(19)31-25(33)27(4,5)6/h7-16H,1-6H3,(H,30,32)(H,31,33). The maximum atomic E-state index is 15.3. The van der Waals surface area contributed by atoms with E-state index in [2.05, 4.69) is 15.6 Å². The average Bonchev–Trinajstić information content (AvgIpc) is 2.73. The summed E-state index contributed by atoms with van der Waals surface area (Å²) >= 11 is 0. The minimum absolute atomic E-state index is 0.136. The molecule has 3 aromatic rings. The van der Waals surface area contributed by atoms with Crippen LogP contribution in [-0.2, 0) is 9.59 Å². The Morgan fingerprint density at radius 3 is 1.70 bits per heavy atom. The first kappa shape index (κ1) is 24.1. The van der Waals surface area contributed by atoms with Gasteiger partial charge in [0, 0.05) is 39.4 Å². The Labute approximate surface area is 194 Å². The summed E-state index contributed by atoms with van der Waals surface area (Å²) < 4.78 is 15.3. The third-order valence-corrected chi connectivity index (χ3v) is 5.12. The number of anilines is 2. The lowest BCUT2D eigenvalue weighted by Crippen LogP contribution is -2.27. The van der Waals surface area contributed by atoms with Gasteiger partial charge in [0.05, 0.1) is 5.69 Å². The highest BCUT2D eigenvalue weighted by Gasteiger charge is 2.24. The lowest BCUT2D eigenvalue weighted by atomic mass is 9.94. The number of para-hydroxylation sites is 2. The molecule has 33 heavy (non-hydrogen) atoms. The molecule has 3 rings (SSSR count). The molecule has 0 radical (unpaired) electrons. The van der Waals surface area contributed by atoms with Crippen molar-refractivity contribution in [3.8, 4) is 22.4 Å². The molecule has 0 spiro atoms. The Balaban J connectivity index is 1.98. The number of nitrogens with one attached hydrogen (secondary N) is 2. The smallest absolute Gasteiger partial charge is 0.229 e. The van der Waals surface area contributed by atoms with Gasteiger partial charge in [0.15, 0.2) is 0 Å². The van der Waals surface area contributed by atoms with Crippen molar-refractivity contribution in [3.05, 3.63) is 66.6 Å². The van der Waals surface area contributed by atoms with Gasteiger partial charge in [-0.3, -0.25) is 14.6 Å². The van der Waals surface area contributed by atoms with Crippen LogP contribution in [0, 0.1) is 16.6 Å². The van der Waals surface area contributed by atoms with Gasteiger partial charge < -0.3 is 10.6 Å². The minimum atomic E-state index is -0.593. The maximum Gasteiger partial charge on any atom is 0.229 e. The molecule has 0 aliphatic carbocycles. The Bertz CT molecular complexity index is 1190. The van der Waals surface area contributed by atoms with E-state index in [1.54, 1.807) is 36.5 Å².